The number of aryl methyl sites for hydroxylation is 2. The quantitative estimate of drug-likeness (QED) is 0.512. The maximum Gasteiger partial charge on any atom is 0.306 e. The van der Waals surface area contributed by atoms with E-state index in [1.54, 1.807) is 10.6 Å². The molecule has 0 aliphatic heterocycles. The van der Waals surface area contributed by atoms with E-state index in [-0.39, 0.29) is 29.8 Å². The molecule has 0 bridgehead atoms. The maximum atomic E-state index is 13.7. The van der Waals surface area contributed by atoms with Gasteiger partial charge in [-0.05, 0) is 37.6 Å². The predicted molar refractivity (Wildman–Crippen MR) is 120 cm³/mol. The number of amides is 1. The number of anilines is 1. The summed E-state index contributed by atoms with van der Waals surface area (Å²) in [4.78, 5) is 41.8. The number of halogens is 1. The molecule has 1 amide bonds. The topological polar surface area (TPSA) is 90.3 Å². The van der Waals surface area contributed by atoms with Crippen molar-refractivity contribution in [1.82, 2.24) is 9.55 Å². The molecule has 0 saturated carbocycles. The lowest BCUT2D eigenvalue weighted by Crippen LogP contribution is -2.31. The van der Waals surface area contributed by atoms with E-state index in [1.165, 1.54) is 25.1 Å². The van der Waals surface area contributed by atoms with E-state index < -0.39 is 23.8 Å². The lowest BCUT2D eigenvalue weighted by atomic mass is 10.2. The Bertz CT molecular complexity index is 1180. The van der Waals surface area contributed by atoms with Crippen molar-refractivity contribution >= 4 is 28.6 Å². The van der Waals surface area contributed by atoms with Gasteiger partial charge in [0.2, 0.25) is 0 Å². The first kappa shape index (κ1) is 23.1. The molecule has 32 heavy (non-hydrogen) atoms. The van der Waals surface area contributed by atoms with E-state index in [0.717, 1.165) is 18.4 Å². The van der Waals surface area contributed by atoms with Crippen LogP contribution in [-0.4, -0.2) is 27.5 Å². The van der Waals surface area contributed by atoms with Gasteiger partial charge >= 0.3 is 5.97 Å². The molecule has 7 nitrogen and oxygen atoms in total. The molecule has 0 aliphatic carbocycles. The van der Waals surface area contributed by atoms with Crippen molar-refractivity contribution in [2.45, 2.75) is 52.2 Å². The van der Waals surface area contributed by atoms with Gasteiger partial charge in [-0.1, -0.05) is 37.6 Å². The molecular formula is C24H26FN3O4. The average Bonchev–Trinajstić information content (AvgIpc) is 2.78. The number of para-hydroxylation sites is 3. The van der Waals surface area contributed by atoms with E-state index in [4.69, 9.17) is 4.74 Å². The minimum atomic E-state index is -1.12. The normalized spacial score (nSPS) is 11.8. The van der Waals surface area contributed by atoms with Gasteiger partial charge in [0.1, 0.15) is 11.5 Å². The van der Waals surface area contributed by atoms with Crippen LogP contribution in [-0.2, 0) is 27.3 Å². The molecule has 0 spiro atoms. The van der Waals surface area contributed by atoms with Crippen molar-refractivity contribution in [1.29, 1.82) is 0 Å². The van der Waals surface area contributed by atoms with E-state index in [1.807, 2.05) is 24.3 Å². The Morgan fingerprint density at radius 1 is 1.16 bits per heavy atom. The number of carbonyl (C=O) groups is 2. The van der Waals surface area contributed by atoms with Gasteiger partial charge in [-0.25, -0.2) is 9.37 Å². The van der Waals surface area contributed by atoms with Crippen LogP contribution in [0.4, 0.5) is 10.1 Å². The summed E-state index contributed by atoms with van der Waals surface area (Å²) in [6, 6.07) is 13.1. The number of aromatic nitrogens is 2. The Hall–Kier alpha value is -3.55. The molecule has 8 heteroatoms. The highest BCUT2D eigenvalue weighted by molar-refractivity contribution is 5.95. The Morgan fingerprint density at radius 2 is 1.88 bits per heavy atom. The fourth-order valence-corrected chi connectivity index (χ4v) is 3.27. The smallest absolute Gasteiger partial charge is 0.306 e. The third-order valence-electron chi connectivity index (χ3n) is 5.03. The number of benzene rings is 2. The fraction of sp³-hybridized carbons (Fsp3) is 0.333. The van der Waals surface area contributed by atoms with Crippen LogP contribution in [0, 0.1) is 5.82 Å². The number of nitrogens with zero attached hydrogens (tertiary/aromatic N) is 2. The van der Waals surface area contributed by atoms with Crippen LogP contribution in [0.5, 0.6) is 0 Å². The van der Waals surface area contributed by atoms with Gasteiger partial charge < -0.3 is 14.6 Å². The molecule has 1 aromatic heterocycles. The molecule has 2 aromatic carbocycles. The monoisotopic (exact) mass is 439 g/mol. The van der Waals surface area contributed by atoms with Crippen molar-refractivity contribution in [2.75, 3.05) is 5.32 Å². The minimum absolute atomic E-state index is 0.00777. The van der Waals surface area contributed by atoms with Gasteiger partial charge in [0.05, 0.1) is 23.1 Å². The first-order valence-electron chi connectivity index (χ1n) is 10.6. The highest BCUT2D eigenvalue weighted by Crippen LogP contribution is 2.14. The van der Waals surface area contributed by atoms with E-state index in [2.05, 4.69) is 17.2 Å². The summed E-state index contributed by atoms with van der Waals surface area (Å²) in [6.07, 6.45) is 0.664. The molecule has 1 unspecified atom stereocenters. The molecule has 1 atom stereocenters. The molecule has 3 aromatic rings. The Kier molecular flexibility index (Phi) is 7.70. The van der Waals surface area contributed by atoms with Gasteiger partial charge in [0.15, 0.2) is 6.10 Å². The highest BCUT2D eigenvalue weighted by Gasteiger charge is 2.20. The second-order valence-electron chi connectivity index (χ2n) is 7.46. The zero-order valence-corrected chi connectivity index (χ0v) is 18.1. The number of rotatable bonds is 9. The van der Waals surface area contributed by atoms with E-state index in [0.29, 0.717) is 12.1 Å². The summed E-state index contributed by atoms with van der Waals surface area (Å²) in [5.41, 5.74) is 1.50. The van der Waals surface area contributed by atoms with Crippen LogP contribution in [0.15, 0.2) is 53.3 Å². The number of fused-ring (bicyclic) bond motifs is 1. The molecule has 0 saturated heterocycles. The van der Waals surface area contributed by atoms with Crippen LogP contribution < -0.4 is 10.9 Å². The minimum Gasteiger partial charge on any atom is -0.453 e. The van der Waals surface area contributed by atoms with Crippen molar-refractivity contribution in [3.05, 3.63) is 70.4 Å². The van der Waals surface area contributed by atoms with Crippen LogP contribution in [0.2, 0.25) is 0 Å². The van der Waals surface area contributed by atoms with Gasteiger partial charge in [0, 0.05) is 13.0 Å². The number of ether oxygens (including phenoxy) is 1. The second kappa shape index (κ2) is 10.7. The number of hydrogen-bond donors (Lipinski definition) is 1. The number of hydrogen-bond acceptors (Lipinski definition) is 5. The summed E-state index contributed by atoms with van der Waals surface area (Å²) < 4.78 is 20.5. The van der Waals surface area contributed by atoms with Crippen molar-refractivity contribution in [2.24, 2.45) is 0 Å². The summed E-state index contributed by atoms with van der Waals surface area (Å²) in [5.74, 6) is -1.87. The Labute approximate surface area is 185 Å². The zero-order chi connectivity index (χ0) is 23.1. The third kappa shape index (κ3) is 5.57. The van der Waals surface area contributed by atoms with Gasteiger partial charge in [-0.2, -0.15) is 0 Å². The Morgan fingerprint density at radius 3 is 2.62 bits per heavy atom. The SMILES string of the molecule is CCCCn1c(=O)c(CCC(=O)OC(C)C(=O)Nc2ccccc2F)nc2ccccc21. The molecule has 0 radical (unpaired) electrons. The van der Waals surface area contributed by atoms with Crippen LogP contribution >= 0.6 is 0 Å². The third-order valence-corrected chi connectivity index (χ3v) is 5.03. The molecule has 168 valence electrons. The maximum absolute atomic E-state index is 13.7. The number of unbranched alkanes of at least 4 members (excludes halogenated alkanes) is 1. The zero-order valence-electron chi connectivity index (χ0n) is 18.1. The van der Waals surface area contributed by atoms with Crippen LogP contribution in [0.3, 0.4) is 0 Å². The predicted octanol–water partition coefficient (Wildman–Crippen LogP) is 3.84. The molecule has 0 fully saturated rings. The summed E-state index contributed by atoms with van der Waals surface area (Å²) in [6.45, 7) is 4.03. The molecular weight excluding hydrogens is 413 g/mol. The van der Waals surface area contributed by atoms with Gasteiger partial charge in [0.25, 0.3) is 11.5 Å². The first-order valence-corrected chi connectivity index (χ1v) is 10.6. The summed E-state index contributed by atoms with van der Waals surface area (Å²) >= 11 is 0. The molecule has 0 aliphatic rings. The van der Waals surface area contributed by atoms with Crippen molar-refractivity contribution in [3.8, 4) is 0 Å². The Balaban J connectivity index is 1.65. The lowest BCUT2D eigenvalue weighted by Gasteiger charge is -2.14. The van der Waals surface area contributed by atoms with Crippen LogP contribution in [0.1, 0.15) is 38.8 Å². The number of nitrogens with one attached hydrogen (secondary N) is 1. The standard InChI is InChI=1S/C24H26FN3O4/c1-3-4-15-28-21-12-8-7-11-19(21)26-20(24(28)31)13-14-22(29)32-16(2)23(30)27-18-10-6-5-9-17(18)25/h5-12,16H,3-4,13-15H2,1-2H3,(H,27,30). The van der Waals surface area contributed by atoms with Crippen molar-refractivity contribution in [3.63, 3.8) is 0 Å². The molecule has 3 rings (SSSR count). The van der Waals surface area contributed by atoms with Crippen LogP contribution in [0.25, 0.3) is 11.0 Å². The summed E-state index contributed by atoms with van der Waals surface area (Å²) in [7, 11) is 0. The summed E-state index contributed by atoms with van der Waals surface area (Å²) in [5, 5.41) is 2.39. The number of esters is 1. The molecule has 1 N–H and O–H groups in total. The number of carbonyl (C=O) groups excluding carboxylic acids is 2. The lowest BCUT2D eigenvalue weighted by molar-refractivity contribution is -0.153. The van der Waals surface area contributed by atoms with E-state index in [9.17, 15) is 18.8 Å². The van der Waals surface area contributed by atoms with E-state index >= 15 is 0 Å². The highest BCUT2D eigenvalue weighted by atomic mass is 19.1. The second-order valence-corrected chi connectivity index (χ2v) is 7.46. The first-order chi connectivity index (χ1) is 15.4. The van der Waals surface area contributed by atoms with Gasteiger partial charge in [-0.3, -0.25) is 14.4 Å². The largest absolute Gasteiger partial charge is 0.453 e. The van der Waals surface area contributed by atoms with Gasteiger partial charge in [-0.15, -0.1) is 0 Å². The molecule has 1 heterocycles. The van der Waals surface area contributed by atoms with Crippen molar-refractivity contribution < 1.29 is 18.7 Å². The fourth-order valence-electron chi connectivity index (χ4n) is 3.27. The average molecular weight is 439 g/mol.